The number of hydrogen-bond acceptors (Lipinski definition) is 3. The summed E-state index contributed by atoms with van der Waals surface area (Å²) in [7, 11) is 0. The van der Waals surface area contributed by atoms with Gasteiger partial charge >= 0.3 is 0 Å². The maximum atomic E-state index is 13.3. The van der Waals surface area contributed by atoms with Gasteiger partial charge in [0.05, 0.1) is 12.6 Å². The third-order valence-corrected chi connectivity index (χ3v) is 4.77. The fourth-order valence-electron chi connectivity index (χ4n) is 3.57. The Bertz CT molecular complexity index is 325. The first kappa shape index (κ1) is 16.1. The molecule has 3 nitrogen and oxygen atoms in total. The molecule has 2 saturated heterocycles. The molecule has 3 atom stereocenters. The summed E-state index contributed by atoms with van der Waals surface area (Å²) in [6.07, 6.45) is 1.42. The van der Waals surface area contributed by atoms with E-state index < -0.39 is 5.92 Å². The second-order valence-electron chi connectivity index (χ2n) is 6.96. The van der Waals surface area contributed by atoms with E-state index in [1.807, 2.05) is 11.8 Å². The van der Waals surface area contributed by atoms with Crippen LogP contribution < -0.4 is 0 Å². The first-order valence-corrected chi connectivity index (χ1v) is 7.81. The topological polar surface area (TPSA) is 26.7 Å². The lowest BCUT2D eigenvalue weighted by Crippen LogP contribution is -2.47. The predicted octanol–water partition coefficient (Wildman–Crippen LogP) is 2.20. The first-order valence-electron chi connectivity index (χ1n) is 7.81. The maximum Gasteiger partial charge on any atom is 0.261 e. The molecule has 2 unspecified atom stereocenters. The second kappa shape index (κ2) is 6.24. The van der Waals surface area contributed by atoms with Gasteiger partial charge in [-0.1, -0.05) is 0 Å². The molecule has 0 aliphatic carbocycles. The van der Waals surface area contributed by atoms with Gasteiger partial charge in [-0.3, -0.25) is 9.80 Å². The van der Waals surface area contributed by atoms with Crippen molar-refractivity contribution in [3.8, 4) is 0 Å². The van der Waals surface area contributed by atoms with Crippen molar-refractivity contribution in [1.29, 1.82) is 0 Å². The number of rotatable bonds is 4. The Labute approximate surface area is 120 Å². The first-order chi connectivity index (χ1) is 9.27. The minimum Gasteiger partial charge on any atom is -0.392 e. The molecule has 1 N–H and O–H groups in total. The molecule has 0 saturated carbocycles. The molecule has 20 heavy (non-hydrogen) atoms. The third kappa shape index (κ3) is 4.12. The van der Waals surface area contributed by atoms with E-state index in [-0.39, 0.29) is 25.1 Å². The van der Waals surface area contributed by atoms with Crippen molar-refractivity contribution in [1.82, 2.24) is 9.80 Å². The molecular formula is C15H28F2N2O. The van der Waals surface area contributed by atoms with Gasteiger partial charge in [-0.25, -0.2) is 8.78 Å². The molecular weight excluding hydrogens is 262 g/mol. The van der Waals surface area contributed by atoms with Gasteiger partial charge in [-0.15, -0.1) is 0 Å². The number of aliphatic hydroxyl groups excluding tert-OH is 1. The highest BCUT2D eigenvalue weighted by molar-refractivity contribution is 4.88. The lowest BCUT2D eigenvalue weighted by Gasteiger charge is -2.40. The van der Waals surface area contributed by atoms with Gasteiger partial charge in [0.15, 0.2) is 0 Å². The Morgan fingerprint density at radius 3 is 2.45 bits per heavy atom. The summed E-state index contributed by atoms with van der Waals surface area (Å²) in [5, 5.41) is 9.98. The van der Waals surface area contributed by atoms with Crippen molar-refractivity contribution in [3.63, 3.8) is 0 Å². The van der Waals surface area contributed by atoms with Gasteiger partial charge in [0.1, 0.15) is 0 Å². The van der Waals surface area contributed by atoms with Gasteiger partial charge in [0.25, 0.3) is 5.92 Å². The minimum atomic E-state index is -2.51. The smallest absolute Gasteiger partial charge is 0.261 e. The number of alkyl halides is 2. The minimum absolute atomic E-state index is 0.0112. The average molecular weight is 290 g/mol. The number of nitrogens with zero attached hydrogens (tertiary/aromatic N) is 2. The second-order valence-corrected chi connectivity index (χ2v) is 6.96. The molecule has 2 heterocycles. The van der Waals surface area contributed by atoms with Crippen LogP contribution in [0.4, 0.5) is 8.78 Å². The normalized spacial score (nSPS) is 33.8. The van der Waals surface area contributed by atoms with Gasteiger partial charge in [-0.05, 0) is 39.5 Å². The van der Waals surface area contributed by atoms with Crippen molar-refractivity contribution < 1.29 is 13.9 Å². The highest BCUT2D eigenvalue weighted by atomic mass is 19.3. The SMILES string of the molecule is CC(C)N1CC(CC(C)N2CCC(F)(F)C2)C[C@H](O)C1. The number of hydrogen-bond donors (Lipinski definition) is 1. The van der Waals surface area contributed by atoms with Crippen molar-refractivity contribution in [3.05, 3.63) is 0 Å². The maximum absolute atomic E-state index is 13.3. The zero-order chi connectivity index (χ0) is 14.9. The summed E-state index contributed by atoms with van der Waals surface area (Å²) in [4.78, 5) is 4.20. The quantitative estimate of drug-likeness (QED) is 0.860. The van der Waals surface area contributed by atoms with E-state index in [0.717, 1.165) is 25.9 Å². The molecule has 2 aliphatic rings. The van der Waals surface area contributed by atoms with Crippen LogP contribution in [0.15, 0.2) is 0 Å². The molecule has 0 radical (unpaired) electrons. The monoisotopic (exact) mass is 290 g/mol. The van der Waals surface area contributed by atoms with Crippen molar-refractivity contribution >= 4 is 0 Å². The Morgan fingerprint density at radius 2 is 1.90 bits per heavy atom. The summed E-state index contributed by atoms with van der Waals surface area (Å²) in [5.41, 5.74) is 0. The lowest BCUT2D eigenvalue weighted by atomic mass is 9.89. The molecule has 0 aromatic carbocycles. The number of piperidine rings is 1. The van der Waals surface area contributed by atoms with E-state index in [1.54, 1.807) is 0 Å². The predicted molar refractivity (Wildman–Crippen MR) is 76.0 cm³/mol. The largest absolute Gasteiger partial charge is 0.392 e. The number of likely N-dealkylation sites (tertiary alicyclic amines) is 2. The van der Waals surface area contributed by atoms with Crippen molar-refractivity contribution in [2.45, 2.75) is 64.1 Å². The summed E-state index contributed by atoms with van der Waals surface area (Å²) < 4.78 is 26.5. The molecule has 2 rings (SSSR count). The number of halogens is 2. The zero-order valence-electron chi connectivity index (χ0n) is 12.9. The molecule has 2 fully saturated rings. The number of β-amino-alcohol motifs (C(OH)–C–C–N with tert-alkyl or cyclic N) is 1. The van der Waals surface area contributed by atoms with Crippen LogP contribution >= 0.6 is 0 Å². The van der Waals surface area contributed by atoms with Crippen LogP contribution in [0.25, 0.3) is 0 Å². The average Bonchev–Trinajstić information content (AvgIpc) is 2.69. The fourth-order valence-corrected chi connectivity index (χ4v) is 3.57. The molecule has 0 amide bonds. The number of aliphatic hydroxyl groups is 1. The summed E-state index contributed by atoms with van der Waals surface area (Å²) in [6.45, 7) is 8.43. The molecule has 0 aromatic heterocycles. The standard InChI is InChI=1S/C15H28F2N2O/c1-11(2)19-8-13(7-14(20)9-19)6-12(3)18-5-4-15(16,17)10-18/h11-14,20H,4-10H2,1-3H3/t12?,13?,14-/m0/s1. The fraction of sp³-hybridized carbons (Fsp3) is 1.00. The Hall–Kier alpha value is -0.260. The van der Waals surface area contributed by atoms with Crippen LogP contribution in [-0.2, 0) is 0 Å². The van der Waals surface area contributed by atoms with Crippen LogP contribution in [0.5, 0.6) is 0 Å². The molecule has 0 spiro atoms. The van der Waals surface area contributed by atoms with Crippen LogP contribution in [0.3, 0.4) is 0 Å². The van der Waals surface area contributed by atoms with Crippen LogP contribution in [0.2, 0.25) is 0 Å². The van der Waals surface area contributed by atoms with Crippen LogP contribution in [0, 0.1) is 5.92 Å². The summed E-state index contributed by atoms with van der Waals surface area (Å²) in [6, 6.07) is 0.603. The highest BCUT2D eigenvalue weighted by Crippen LogP contribution is 2.31. The Morgan fingerprint density at radius 1 is 1.20 bits per heavy atom. The molecule has 0 bridgehead atoms. The third-order valence-electron chi connectivity index (χ3n) is 4.77. The van der Waals surface area contributed by atoms with Crippen molar-refractivity contribution in [2.75, 3.05) is 26.2 Å². The van der Waals surface area contributed by atoms with Crippen LogP contribution in [-0.4, -0.2) is 65.2 Å². The van der Waals surface area contributed by atoms with E-state index in [1.165, 1.54) is 0 Å². The zero-order valence-corrected chi connectivity index (χ0v) is 12.9. The van der Waals surface area contributed by atoms with E-state index >= 15 is 0 Å². The van der Waals surface area contributed by atoms with Crippen LogP contribution in [0.1, 0.15) is 40.0 Å². The molecule has 0 aromatic rings. The summed E-state index contributed by atoms with van der Waals surface area (Å²) in [5.74, 6) is -2.10. The van der Waals surface area contributed by atoms with E-state index in [2.05, 4.69) is 18.7 Å². The lowest BCUT2D eigenvalue weighted by molar-refractivity contribution is -0.000702. The van der Waals surface area contributed by atoms with E-state index in [9.17, 15) is 13.9 Å². The molecule has 5 heteroatoms. The van der Waals surface area contributed by atoms with Gasteiger partial charge in [0.2, 0.25) is 0 Å². The van der Waals surface area contributed by atoms with Gasteiger partial charge < -0.3 is 5.11 Å². The highest BCUT2D eigenvalue weighted by Gasteiger charge is 2.40. The Kier molecular flexibility index (Phi) is 5.03. The molecule has 2 aliphatic heterocycles. The molecule has 118 valence electrons. The van der Waals surface area contributed by atoms with Gasteiger partial charge in [-0.2, -0.15) is 0 Å². The van der Waals surface area contributed by atoms with Gasteiger partial charge in [0, 0.05) is 38.1 Å². The van der Waals surface area contributed by atoms with Crippen molar-refractivity contribution in [2.24, 2.45) is 5.92 Å². The van der Waals surface area contributed by atoms with E-state index in [0.29, 0.717) is 18.5 Å². The Balaban J connectivity index is 1.86. The summed E-state index contributed by atoms with van der Waals surface area (Å²) >= 11 is 0. The van der Waals surface area contributed by atoms with E-state index in [4.69, 9.17) is 0 Å².